The molecule has 0 heterocycles. The summed E-state index contributed by atoms with van der Waals surface area (Å²) in [6, 6.07) is 19.6. The lowest BCUT2D eigenvalue weighted by Crippen LogP contribution is -2.52. The summed E-state index contributed by atoms with van der Waals surface area (Å²) in [5.74, 6) is 0.823. The summed E-state index contributed by atoms with van der Waals surface area (Å²) in [4.78, 5) is 28.2. The second-order valence-corrected chi connectivity index (χ2v) is 8.86. The van der Waals surface area contributed by atoms with Gasteiger partial charge in [0.1, 0.15) is 11.8 Å². The van der Waals surface area contributed by atoms with Crippen LogP contribution in [0.5, 0.6) is 5.75 Å². The third-order valence-electron chi connectivity index (χ3n) is 6.37. The molecule has 0 bridgehead atoms. The smallest absolute Gasteiger partial charge is 0.243 e. The van der Waals surface area contributed by atoms with Crippen molar-refractivity contribution in [2.75, 3.05) is 13.2 Å². The number of carbonyl (C=O) groups excluding carboxylic acids is 2. The summed E-state index contributed by atoms with van der Waals surface area (Å²) in [7, 11) is 0. The van der Waals surface area contributed by atoms with Gasteiger partial charge in [0.05, 0.1) is 6.61 Å². The molecule has 5 nitrogen and oxygen atoms in total. The summed E-state index contributed by atoms with van der Waals surface area (Å²) in [6.07, 6.45) is 7.99. The molecule has 5 heteroatoms. The van der Waals surface area contributed by atoms with Gasteiger partial charge in [-0.05, 0) is 49.8 Å². The Morgan fingerprint density at radius 2 is 1.67 bits per heavy atom. The number of nitrogens with zero attached hydrogens (tertiary/aromatic N) is 1. The highest BCUT2D eigenvalue weighted by Gasteiger charge is 2.29. The molecule has 0 aliphatic heterocycles. The molecule has 1 aliphatic carbocycles. The number of hydrogen-bond donors (Lipinski definition) is 1. The van der Waals surface area contributed by atoms with Crippen LogP contribution in [0.15, 0.2) is 60.7 Å². The molecule has 33 heavy (non-hydrogen) atoms. The first-order valence-electron chi connectivity index (χ1n) is 12.5. The third-order valence-corrected chi connectivity index (χ3v) is 6.37. The Morgan fingerprint density at radius 1 is 1.00 bits per heavy atom. The molecule has 3 rings (SSSR count). The largest absolute Gasteiger partial charge is 0.494 e. The van der Waals surface area contributed by atoms with Crippen molar-refractivity contribution in [1.82, 2.24) is 10.2 Å². The molecule has 178 valence electrons. The maximum absolute atomic E-state index is 13.3. The van der Waals surface area contributed by atoms with Crippen molar-refractivity contribution in [1.29, 1.82) is 0 Å². The molecule has 1 fully saturated rings. The average Bonchev–Trinajstić information content (AvgIpc) is 2.86. The van der Waals surface area contributed by atoms with Gasteiger partial charge in [0, 0.05) is 19.0 Å². The van der Waals surface area contributed by atoms with Crippen LogP contribution in [0.25, 0.3) is 0 Å². The molecular weight excluding hydrogens is 412 g/mol. The van der Waals surface area contributed by atoms with E-state index in [0.717, 1.165) is 25.0 Å². The van der Waals surface area contributed by atoms with E-state index in [1.54, 1.807) is 4.90 Å². The van der Waals surface area contributed by atoms with Crippen molar-refractivity contribution < 1.29 is 14.3 Å². The minimum Gasteiger partial charge on any atom is -0.494 e. The first kappa shape index (κ1) is 24.8. The highest BCUT2D eigenvalue weighted by atomic mass is 16.5. The zero-order valence-corrected chi connectivity index (χ0v) is 19.9. The quantitative estimate of drug-likeness (QED) is 0.455. The van der Waals surface area contributed by atoms with E-state index in [1.807, 2.05) is 55.5 Å². The Balaban J connectivity index is 1.60. The molecule has 0 radical (unpaired) electrons. The Hall–Kier alpha value is -2.82. The fourth-order valence-corrected chi connectivity index (χ4v) is 4.51. The van der Waals surface area contributed by atoms with Crippen molar-refractivity contribution in [3.63, 3.8) is 0 Å². The van der Waals surface area contributed by atoms with Gasteiger partial charge in [-0.15, -0.1) is 0 Å². The van der Waals surface area contributed by atoms with Gasteiger partial charge < -0.3 is 15.0 Å². The molecule has 0 aromatic heterocycles. The first-order chi connectivity index (χ1) is 16.2. The zero-order valence-electron chi connectivity index (χ0n) is 19.9. The second-order valence-electron chi connectivity index (χ2n) is 8.86. The Labute approximate surface area is 198 Å². The van der Waals surface area contributed by atoms with E-state index in [2.05, 4.69) is 17.4 Å². The van der Waals surface area contributed by atoms with Crippen LogP contribution in [-0.4, -0.2) is 41.9 Å². The van der Waals surface area contributed by atoms with Crippen LogP contribution in [0, 0.1) is 0 Å². The summed E-state index contributed by atoms with van der Waals surface area (Å²) in [5, 5.41) is 3.23. The van der Waals surface area contributed by atoms with Gasteiger partial charge in [-0.25, -0.2) is 0 Å². The first-order valence-corrected chi connectivity index (χ1v) is 12.5. The van der Waals surface area contributed by atoms with Crippen LogP contribution in [0.2, 0.25) is 0 Å². The highest BCUT2D eigenvalue weighted by Crippen LogP contribution is 2.19. The van der Waals surface area contributed by atoms with E-state index in [9.17, 15) is 9.59 Å². The molecule has 0 spiro atoms. The number of rotatable bonds is 12. The van der Waals surface area contributed by atoms with Crippen molar-refractivity contribution in [2.24, 2.45) is 0 Å². The Morgan fingerprint density at radius 3 is 2.33 bits per heavy atom. The molecule has 2 aromatic rings. The fraction of sp³-hybridized carbons (Fsp3) is 0.500. The normalized spacial score (nSPS) is 14.9. The van der Waals surface area contributed by atoms with Gasteiger partial charge >= 0.3 is 0 Å². The fourth-order valence-electron chi connectivity index (χ4n) is 4.51. The molecule has 1 saturated carbocycles. The van der Waals surface area contributed by atoms with Crippen molar-refractivity contribution in [3.05, 3.63) is 66.2 Å². The topological polar surface area (TPSA) is 58.6 Å². The van der Waals surface area contributed by atoms with Gasteiger partial charge in [-0.2, -0.15) is 0 Å². The molecule has 1 aliphatic rings. The van der Waals surface area contributed by atoms with Crippen molar-refractivity contribution in [3.8, 4) is 5.75 Å². The maximum atomic E-state index is 13.3. The Bertz CT molecular complexity index is 835. The van der Waals surface area contributed by atoms with Gasteiger partial charge in [-0.3, -0.25) is 9.59 Å². The third kappa shape index (κ3) is 8.23. The molecule has 2 amide bonds. The van der Waals surface area contributed by atoms with Crippen LogP contribution in [0.4, 0.5) is 0 Å². The number of amides is 2. The van der Waals surface area contributed by atoms with E-state index in [1.165, 1.54) is 24.8 Å². The van der Waals surface area contributed by atoms with Crippen molar-refractivity contribution in [2.45, 2.75) is 76.8 Å². The van der Waals surface area contributed by atoms with E-state index in [0.29, 0.717) is 32.4 Å². The summed E-state index contributed by atoms with van der Waals surface area (Å²) in [6.45, 7) is 3.01. The number of hydrogen-bond acceptors (Lipinski definition) is 3. The van der Waals surface area contributed by atoms with E-state index < -0.39 is 6.04 Å². The summed E-state index contributed by atoms with van der Waals surface area (Å²) >= 11 is 0. The van der Waals surface area contributed by atoms with Gasteiger partial charge in [-0.1, -0.05) is 74.7 Å². The lowest BCUT2D eigenvalue weighted by Gasteiger charge is -2.33. The van der Waals surface area contributed by atoms with Crippen LogP contribution in [0.3, 0.4) is 0 Å². The van der Waals surface area contributed by atoms with Crippen molar-refractivity contribution >= 4 is 11.8 Å². The van der Waals surface area contributed by atoms with E-state index in [4.69, 9.17) is 4.74 Å². The minimum absolute atomic E-state index is 0.00801. The second kappa shape index (κ2) is 13.7. The van der Waals surface area contributed by atoms with Crippen LogP contribution in [-0.2, 0) is 16.0 Å². The lowest BCUT2D eigenvalue weighted by molar-refractivity contribution is -0.141. The Kier molecular flexibility index (Phi) is 10.3. The predicted octanol–water partition coefficient (Wildman–Crippen LogP) is 5.14. The number of benzene rings is 2. The zero-order chi connectivity index (χ0) is 23.3. The van der Waals surface area contributed by atoms with Gasteiger partial charge in [0.2, 0.25) is 11.8 Å². The van der Waals surface area contributed by atoms with Crippen LogP contribution >= 0.6 is 0 Å². The monoisotopic (exact) mass is 450 g/mol. The number of carbonyl (C=O) groups is 2. The predicted molar refractivity (Wildman–Crippen MR) is 132 cm³/mol. The number of nitrogens with one attached hydrogen (secondary N) is 1. The van der Waals surface area contributed by atoms with Gasteiger partial charge in [0.25, 0.3) is 0 Å². The lowest BCUT2D eigenvalue weighted by atomic mass is 9.95. The number of ether oxygens (including phenoxy) is 1. The SMILES string of the molecule is CC[C@@H](C(=O)NC1CCCCC1)N(CCc1ccccc1)C(=O)CCCOc1ccccc1. The van der Waals surface area contributed by atoms with Crippen LogP contribution in [0.1, 0.15) is 63.9 Å². The average molecular weight is 451 g/mol. The summed E-state index contributed by atoms with van der Waals surface area (Å²) in [5.41, 5.74) is 1.17. The highest BCUT2D eigenvalue weighted by molar-refractivity contribution is 5.87. The van der Waals surface area contributed by atoms with Crippen LogP contribution < -0.4 is 10.1 Å². The summed E-state index contributed by atoms with van der Waals surface area (Å²) < 4.78 is 5.75. The van der Waals surface area contributed by atoms with E-state index >= 15 is 0 Å². The minimum atomic E-state index is -0.432. The standard InChI is InChI=1S/C28H38N2O3/c1-2-26(28(32)29-24-15-8-4-9-16-24)30(21-20-23-13-6-3-7-14-23)27(31)19-12-22-33-25-17-10-5-11-18-25/h3,5-7,10-11,13-14,17-18,24,26H,2,4,8-9,12,15-16,19-22H2,1H3,(H,29,32)/t26-/m0/s1. The van der Waals surface area contributed by atoms with Gasteiger partial charge in [0.15, 0.2) is 0 Å². The number of para-hydroxylation sites is 1. The maximum Gasteiger partial charge on any atom is 0.243 e. The molecule has 0 saturated heterocycles. The molecule has 1 N–H and O–H groups in total. The van der Waals surface area contributed by atoms with E-state index in [-0.39, 0.29) is 17.9 Å². The molecule has 2 aromatic carbocycles. The molecule has 0 unspecified atom stereocenters. The molecule has 1 atom stereocenters. The molecular formula is C28H38N2O3.